The van der Waals surface area contributed by atoms with E-state index in [1.807, 2.05) is 6.92 Å². The minimum Gasteiger partial charge on any atom is -0.253 e. The van der Waals surface area contributed by atoms with Gasteiger partial charge in [0.1, 0.15) is 10.7 Å². The van der Waals surface area contributed by atoms with Gasteiger partial charge in [-0.05, 0) is 18.6 Å². The molecule has 0 radical (unpaired) electrons. The van der Waals surface area contributed by atoms with E-state index in [0.717, 1.165) is 23.7 Å². The first kappa shape index (κ1) is 14.4. The fourth-order valence-electron chi connectivity index (χ4n) is 1.33. The van der Waals surface area contributed by atoms with Gasteiger partial charge in [-0.1, -0.05) is 34.2 Å². The third-order valence-corrected chi connectivity index (χ3v) is 4.82. The SMILES string of the molecule is CCC(Br)c1nnc(-c2ccc(C(F)(F)F)cn2)s1. The first-order valence-corrected chi connectivity index (χ1v) is 7.16. The summed E-state index contributed by atoms with van der Waals surface area (Å²) in [5.41, 5.74) is -0.375. The molecule has 0 aliphatic rings. The van der Waals surface area contributed by atoms with Crippen LogP contribution in [0.2, 0.25) is 0 Å². The Morgan fingerprint density at radius 2 is 2.05 bits per heavy atom. The van der Waals surface area contributed by atoms with Gasteiger partial charge < -0.3 is 0 Å². The molecule has 2 aromatic heterocycles. The lowest BCUT2D eigenvalue weighted by Gasteiger charge is -2.05. The van der Waals surface area contributed by atoms with Crippen molar-refractivity contribution in [2.24, 2.45) is 0 Å². The molecule has 0 spiro atoms. The standard InChI is InChI=1S/C11H9BrF3N3S/c1-2-7(12)9-17-18-10(19-9)8-4-3-6(5-16-8)11(13,14)15/h3-5,7H,2H2,1H3. The third-order valence-electron chi connectivity index (χ3n) is 2.38. The van der Waals surface area contributed by atoms with E-state index in [1.54, 1.807) is 0 Å². The van der Waals surface area contributed by atoms with Crippen LogP contribution in [0.4, 0.5) is 13.2 Å². The number of aromatic nitrogens is 3. The summed E-state index contributed by atoms with van der Waals surface area (Å²) in [4.78, 5) is 3.89. The largest absolute Gasteiger partial charge is 0.417 e. The topological polar surface area (TPSA) is 38.7 Å². The zero-order valence-electron chi connectivity index (χ0n) is 9.78. The molecule has 3 nitrogen and oxygen atoms in total. The molecular formula is C11H9BrF3N3S. The van der Waals surface area contributed by atoms with Crippen LogP contribution < -0.4 is 0 Å². The summed E-state index contributed by atoms with van der Waals surface area (Å²) in [6, 6.07) is 2.30. The molecule has 0 aromatic carbocycles. The molecule has 0 aliphatic heterocycles. The number of nitrogens with zero attached hydrogens (tertiary/aromatic N) is 3. The molecule has 2 aromatic rings. The van der Waals surface area contributed by atoms with Crippen LogP contribution in [0, 0.1) is 0 Å². The van der Waals surface area contributed by atoms with Gasteiger partial charge in [0.2, 0.25) is 0 Å². The Balaban J connectivity index is 2.25. The maximum atomic E-state index is 12.4. The quantitative estimate of drug-likeness (QED) is 0.766. The number of hydrogen-bond acceptors (Lipinski definition) is 4. The summed E-state index contributed by atoms with van der Waals surface area (Å²) < 4.78 is 37.2. The average Bonchev–Trinajstić information content (AvgIpc) is 2.86. The van der Waals surface area contributed by atoms with Gasteiger partial charge >= 0.3 is 6.18 Å². The molecule has 1 atom stereocenters. The Hall–Kier alpha value is -1.02. The van der Waals surface area contributed by atoms with E-state index in [0.29, 0.717) is 10.7 Å². The number of rotatable bonds is 3. The van der Waals surface area contributed by atoms with Crippen LogP contribution in [-0.2, 0) is 6.18 Å². The van der Waals surface area contributed by atoms with Crippen molar-refractivity contribution in [1.82, 2.24) is 15.2 Å². The molecule has 0 amide bonds. The van der Waals surface area contributed by atoms with Crippen molar-refractivity contribution < 1.29 is 13.2 Å². The maximum absolute atomic E-state index is 12.4. The zero-order valence-corrected chi connectivity index (χ0v) is 12.2. The summed E-state index contributed by atoms with van der Waals surface area (Å²) in [6.07, 6.45) is -2.71. The smallest absolute Gasteiger partial charge is 0.253 e. The molecule has 1 unspecified atom stereocenters. The molecule has 102 valence electrons. The van der Waals surface area contributed by atoms with Crippen LogP contribution in [0.5, 0.6) is 0 Å². The highest BCUT2D eigenvalue weighted by Crippen LogP contribution is 2.33. The highest BCUT2D eigenvalue weighted by molar-refractivity contribution is 9.09. The van der Waals surface area contributed by atoms with Gasteiger partial charge in [-0.2, -0.15) is 13.2 Å². The summed E-state index contributed by atoms with van der Waals surface area (Å²) >= 11 is 4.77. The van der Waals surface area contributed by atoms with Crippen LogP contribution in [0.15, 0.2) is 18.3 Å². The minimum atomic E-state index is -4.37. The monoisotopic (exact) mass is 351 g/mol. The normalized spacial score (nSPS) is 13.5. The van der Waals surface area contributed by atoms with Gasteiger partial charge in [-0.25, -0.2) is 0 Å². The van der Waals surface area contributed by atoms with E-state index in [-0.39, 0.29) is 4.83 Å². The average molecular weight is 352 g/mol. The predicted molar refractivity (Wildman–Crippen MR) is 70.1 cm³/mol. The Bertz CT molecular complexity index is 553. The summed E-state index contributed by atoms with van der Waals surface area (Å²) in [5.74, 6) is 0. The molecular weight excluding hydrogens is 343 g/mol. The van der Waals surface area contributed by atoms with Crippen molar-refractivity contribution in [3.8, 4) is 10.7 Å². The number of hydrogen-bond donors (Lipinski definition) is 0. The third kappa shape index (κ3) is 3.30. The van der Waals surface area contributed by atoms with E-state index in [9.17, 15) is 13.2 Å². The molecule has 8 heteroatoms. The van der Waals surface area contributed by atoms with Crippen LogP contribution >= 0.6 is 27.3 Å². The van der Waals surface area contributed by atoms with Crippen LogP contribution in [0.1, 0.15) is 28.7 Å². The lowest BCUT2D eigenvalue weighted by atomic mass is 10.2. The van der Waals surface area contributed by atoms with Crippen LogP contribution in [0.25, 0.3) is 10.7 Å². The molecule has 2 rings (SSSR count). The second kappa shape index (κ2) is 5.54. The van der Waals surface area contributed by atoms with E-state index in [4.69, 9.17) is 0 Å². The first-order chi connectivity index (χ1) is 8.91. The van der Waals surface area contributed by atoms with Crippen LogP contribution in [-0.4, -0.2) is 15.2 Å². The molecule has 2 heterocycles. The van der Waals surface area contributed by atoms with Crippen molar-refractivity contribution in [2.45, 2.75) is 24.3 Å². The molecule has 0 saturated heterocycles. The zero-order chi connectivity index (χ0) is 14.0. The Labute approximate surface area is 120 Å². The second-order valence-electron chi connectivity index (χ2n) is 3.75. The predicted octanol–water partition coefficient (Wildman–Crippen LogP) is 4.46. The Morgan fingerprint density at radius 1 is 1.32 bits per heavy atom. The van der Waals surface area contributed by atoms with Gasteiger partial charge in [0.25, 0.3) is 0 Å². The number of pyridine rings is 1. The van der Waals surface area contributed by atoms with Gasteiger partial charge in [-0.15, -0.1) is 10.2 Å². The Morgan fingerprint density at radius 3 is 2.58 bits per heavy atom. The summed E-state index contributed by atoms with van der Waals surface area (Å²) in [6.45, 7) is 2.00. The van der Waals surface area contributed by atoms with Crippen molar-refractivity contribution >= 4 is 27.3 Å². The maximum Gasteiger partial charge on any atom is 0.417 e. The summed E-state index contributed by atoms with van der Waals surface area (Å²) in [7, 11) is 0. The van der Waals surface area contributed by atoms with Gasteiger partial charge in [0.05, 0.1) is 10.4 Å². The molecule has 19 heavy (non-hydrogen) atoms. The molecule has 0 bridgehead atoms. The first-order valence-electron chi connectivity index (χ1n) is 5.43. The van der Waals surface area contributed by atoms with Crippen molar-refractivity contribution in [3.05, 3.63) is 28.9 Å². The van der Waals surface area contributed by atoms with E-state index >= 15 is 0 Å². The van der Waals surface area contributed by atoms with Crippen molar-refractivity contribution in [1.29, 1.82) is 0 Å². The fraction of sp³-hybridized carbons (Fsp3) is 0.364. The highest BCUT2D eigenvalue weighted by Gasteiger charge is 2.30. The number of alkyl halides is 4. The minimum absolute atomic E-state index is 0.105. The molecule has 0 saturated carbocycles. The molecule has 0 N–H and O–H groups in total. The van der Waals surface area contributed by atoms with E-state index in [2.05, 4.69) is 31.1 Å². The van der Waals surface area contributed by atoms with Gasteiger partial charge in [0.15, 0.2) is 5.01 Å². The second-order valence-corrected chi connectivity index (χ2v) is 5.87. The highest BCUT2D eigenvalue weighted by atomic mass is 79.9. The Kier molecular flexibility index (Phi) is 4.19. The van der Waals surface area contributed by atoms with E-state index < -0.39 is 11.7 Å². The number of halogens is 4. The lowest BCUT2D eigenvalue weighted by Crippen LogP contribution is -2.05. The molecule has 0 aliphatic carbocycles. The van der Waals surface area contributed by atoms with Gasteiger partial charge in [0, 0.05) is 6.20 Å². The van der Waals surface area contributed by atoms with Crippen molar-refractivity contribution in [3.63, 3.8) is 0 Å². The van der Waals surface area contributed by atoms with Gasteiger partial charge in [-0.3, -0.25) is 4.98 Å². The summed E-state index contributed by atoms with van der Waals surface area (Å²) in [5, 5.41) is 9.24. The lowest BCUT2D eigenvalue weighted by molar-refractivity contribution is -0.137. The fourth-order valence-corrected chi connectivity index (χ4v) is 2.58. The molecule has 0 fully saturated rings. The van der Waals surface area contributed by atoms with Crippen molar-refractivity contribution in [2.75, 3.05) is 0 Å². The van der Waals surface area contributed by atoms with E-state index in [1.165, 1.54) is 17.4 Å². The van der Waals surface area contributed by atoms with Crippen LogP contribution in [0.3, 0.4) is 0 Å².